The first-order valence-electron chi connectivity index (χ1n) is 8.96. The van der Waals surface area contributed by atoms with Crippen LogP contribution in [0, 0.1) is 29.0 Å². The number of halogens is 2. The highest BCUT2D eigenvalue weighted by Crippen LogP contribution is 2.61. The van der Waals surface area contributed by atoms with Gasteiger partial charge in [0.05, 0.1) is 0 Å². The second-order valence-corrected chi connectivity index (χ2v) is 9.17. The zero-order chi connectivity index (χ0) is 17.6. The number of carbonyl (C=O) groups is 2. The molecule has 0 radical (unpaired) electrons. The SMILES string of the molecule is O=C(CC12CC3CC(CC(C3)C1)C2)NNC(=O)c1cc(F)cc(Br)c1. The molecule has 134 valence electrons. The van der Waals surface area contributed by atoms with Gasteiger partial charge in [0.2, 0.25) is 5.91 Å². The van der Waals surface area contributed by atoms with Crippen LogP contribution < -0.4 is 10.9 Å². The van der Waals surface area contributed by atoms with Gasteiger partial charge in [0.25, 0.3) is 5.91 Å². The van der Waals surface area contributed by atoms with E-state index in [9.17, 15) is 14.0 Å². The van der Waals surface area contributed by atoms with E-state index in [4.69, 9.17) is 0 Å². The summed E-state index contributed by atoms with van der Waals surface area (Å²) < 4.78 is 13.9. The third-order valence-electron chi connectivity index (χ3n) is 6.14. The summed E-state index contributed by atoms with van der Waals surface area (Å²) in [4.78, 5) is 24.5. The zero-order valence-electron chi connectivity index (χ0n) is 14.0. The lowest BCUT2D eigenvalue weighted by molar-refractivity contribution is -0.130. The smallest absolute Gasteiger partial charge is 0.269 e. The molecule has 4 bridgehead atoms. The summed E-state index contributed by atoms with van der Waals surface area (Å²) in [6, 6.07) is 3.94. The van der Waals surface area contributed by atoms with Crippen LogP contribution in [-0.4, -0.2) is 11.8 Å². The van der Waals surface area contributed by atoms with Crippen molar-refractivity contribution in [1.29, 1.82) is 0 Å². The fourth-order valence-corrected chi connectivity index (χ4v) is 6.24. The number of rotatable bonds is 3. The molecular weight excluding hydrogens is 387 g/mol. The first-order chi connectivity index (χ1) is 11.9. The molecule has 0 unspecified atom stereocenters. The van der Waals surface area contributed by atoms with Crippen LogP contribution in [0.1, 0.15) is 55.3 Å². The van der Waals surface area contributed by atoms with E-state index >= 15 is 0 Å². The molecule has 0 heterocycles. The van der Waals surface area contributed by atoms with Gasteiger partial charge in [-0.2, -0.15) is 0 Å². The minimum atomic E-state index is -0.515. The molecule has 4 saturated carbocycles. The molecule has 4 fully saturated rings. The Hall–Kier alpha value is -1.43. The molecule has 4 aliphatic carbocycles. The molecule has 1 aromatic rings. The molecule has 2 N–H and O–H groups in total. The Morgan fingerprint density at radius 1 is 1.04 bits per heavy atom. The molecule has 0 aromatic heterocycles. The third-order valence-corrected chi connectivity index (χ3v) is 6.60. The maximum absolute atomic E-state index is 13.4. The van der Waals surface area contributed by atoms with E-state index in [2.05, 4.69) is 26.8 Å². The van der Waals surface area contributed by atoms with E-state index in [1.165, 1.54) is 31.4 Å². The molecule has 1 aromatic carbocycles. The van der Waals surface area contributed by atoms with Gasteiger partial charge in [-0.05, 0) is 79.9 Å². The van der Waals surface area contributed by atoms with Crippen molar-refractivity contribution < 1.29 is 14.0 Å². The predicted molar refractivity (Wildman–Crippen MR) is 94.9 cm³/mol. The highest BCUT2D eigenvalue weighted by atomic mass is 79.9. The molecule has 4 nitrogen and oxygen atoms in total. The van der Waals surface area contributed by atoms with Crippen molar-refractivity contribution in [2.24, 2.45) is 23.2 Å². The highest BCUT2D eigenvalue weighted by molar-refractivity contribution is 9.10. The van der Waals surface area contributed by atoms with E-state index < -0.39 is 11.7 Å². The lowest BCUT2D eigenvalue weighted by Crippen LogP contribution is -2.50. The van der Waals surface area contributed by atoms with Gasteiger partial charge in [-0.15, -0.1) is 0 Å². The molecule has 0 aliphatic heterocycles. The van der Waals surface area contributed by atoms with Crippen LogP contribution in [0.2, 0.25) is 0 Å². The topological polar surface area (TPSA) is 58.2 Å². The van der Waals surface area contributed by atoms with Crippen LogP contribution in [0.4, 0.5) is 4.39 Å². The molecular formula is C19H22BrFN2O2. The normalized spacial score (nSPS) is 32.5. The van der Waals surface area contributed by atoms with Gasteiger partial charge in [0.15, 0.2) is 0 Å². The van der Waals surface area contributed by atoms with Crippen LogP contribution in [-0.2, 0) is 4.79 Å². The number of nitrogens with one attached hydrogen (secondary N) is 2. The number of benzene rings is 1. The Balaban J connectivity index is 1.34. The largest absolute Gasteiger partial charge is 0.273 e. The number of carbonyl (C=O) groups excluding carboxylic acids is 2. The van der Waals surface area contributed by atoms with E-state index in [-0.39, 0.29) is 16.9 Å². The van der Waals surface area contributed by atoms with E-state index in [0.29, 0.717) is 10.9 Å². The van der Waals surface area contributed by atoms with Gasteiger partial charge < -0.3 is 0 Å². The molecule has 0 atom stereocenters. The quantitative estimate of drug-likeness (QED) is 0.743. The van der Waals surface area contributed by atoms with Crippen molar-refractivity contribution in [3.05, 3.63) is 34.1 Å². The van der Waals surface area contributed by atoms with Crippen LogP contribution in [0.25, 0.3) is 0 Å². The molecule has 4 aliphatic rings. The molecule has 6 heteroatoms. The first-order valence-corrected chi connectivity index (χ1v) is 9.75. The van der Waals surface area contributed by atoms with E-state index in [1.807, 2.05) is 0 Å². The zero-order valence-corrected chi connectivity index (χ0v) is 15.6. The summed E-state index contributed by atoms with van der Waals surface area (Å²) in [5, 5.41) is 0. The minimum Gasteiger partial charge on any atom is -0.273 e. The van der Waals surface area contributed by atoms with Gasteiger partial charge in [-0.1, -0.05) is 15.9 Å². The molecule has 5 rings (SSSR count). The number of amides is 2. The molecule has 0 spiro atoms. The summed E-state index contributed by atoms with van der Waals surface area (Å²) in [7, 11) is 0. The average molecular weight is 409 g/mol. The van der Waals surface area contributed by atoms with Crippen LogP contribution in [0.3, 0.4) is 0 Å². The minimum absolute atomic E-state index is 0.130. The van der Waals surface area contributed by atoms with E-state index in [1.54, 1.807) is 0 Å². The maximum atomic E-state index is 13.4. The Morgan fingerprint density at radius 2 is 1.64 bits per heavy atom. The van der Waals surface area contributed by atoms with Crippen molar-refractivity contribution in [1.82, 2.24) is 10.9 Å². The second kappa shape index (κ2) is 6.38. The molecule has 25 heavy (non-hydrogen) atoms. The van der Waals surface area contributed by atoms with Crippen molar-refractivity contribution in [2.45, 2.75) is 44.9 Å². The third kappa shape index (κ3) is 3.59. The van der Waals surface area contributed by atoms with Gasteiger partial charge in [-0.3, -0.25) is 20.4 Å². The Kier molecular flexibility index (Phi) is 4.34. The Bertz CT molecular complexity index is 666. The fraction of sp³-hybridized carbons (Fsp3) is 0.579. The van der Waals surface area contributed by atoms with Crippen molar-refractivity contribution >= 4 is 27.7 Å². The second-order valence-electron chi connectivity index (χ2n) is 8.25. The summed E-state index contributed by atoms with van der Waals surface area (Å²) in [6.07, 6.45) is 7.94. The van der Waals surface area contributed by atoms with Crippen molar-refractivity contribution in [3.63, 3.8) is 0 Å². The summed E-state index contributed by atoms with van der Waals surface area (Å²) >= 11 is 3.16. The summed E-state index contributed by atoms with van der Waals surface area (Å²) in [5.41, 5.74) is 5.23. The fourth-order valence-electron chi connectivity index (χ4n) is 5.77. The van der Waals surface area contributed by atoms with Gasteiger partial charge >= 0.3 is 0 Å². The predicted octanol–water partition coefficient (Wildman–Crippen LogP) is 3.96. The van der Waals surface area contributed by atoms with Gasteiger partial charge in [0, 0.05) is 16.5 Å². The molecule has 0 saturated heterocycles. The Morgan fingerprint density at radius 3 is 2.20 bits per heavy atom. The maximum Gasteiger partial charge on any atom is 0.269 e. The van der Waals surface area contributed by atoms with Crippen molar-refractivity contribution in [2.75, 3.05) is 0 Å². The first kappa shape index (κ1) is 17.0. The van der Waals surface area contributed by atoms with Crippen molar-refractivity contribution in [3.8, 4) is 0 Å². The summed E-state index contributed by atoms with van der Waals surface area (Å²) in [6.45, 7) is 0. The number of hydrogen-bond donors (Lipinski definition) is 2. The monoisotopic (exact) mass is 408 g/mol. The standard InChI is InChI=1S/C19H22BrFN2O2/c20-15-4-14(5-16(21)6-15)18(25)23-22-17(24)10-19-7-11-1-12(8-19)3-13(2-11)9-19/h4-6,11-13H,1-3,7-10H2,(H,22,24)(H,23,25). The lowest BCUT2D eigenvalue weighted by atomic mass is 9.49. The van der Waals surface area contributed by atoms with Crippen LogP contribution in [0.15, 0.2) is 22.7 Å². The molecule has 2 amide bonds. The van der Waals surface area contributed by atoms with Gasteiger partial charge in [-0.25, -0.2) is 4.39 Å². The van der Waals surface area contributed by atoms with Crippen LogP contribution in [0.5, 0.6) is 0 Å². The number of hydrogen-bond acceptors (Lipinski definition) is 2. The van der Waals surface area contributed by atoms with E-state index in [0.717, 1.165) is 43.1 Å². The van der Waals surface area contributed by atoms with Gasteiger partial charge in [0.1, 0.15) is 5.82 Å². The lowest BCUT2D eigenvalue weighted by Gasteiger charge is -2.56. The van der Waals surface area contributed by atoms with Crippen LogP contribution >= 0.6 is 15.9 Å². The average Bonchev–Trinajstić information content (AvgIpc) is 2.49. The summed E-state index contributed by atoms with van der Waals surface area (Å²) in [5.74, 6) is 1.21. The highest BCUT2D eigenvalue weighted by Gasteiger charge is 2.51. The number of hydrazine groups is 1. The Labute approximate surface area is 155 Å².